The highest BCUT2D eigenvalue weighted by Crippen LogP contribution is 2.66. The Morgan fingerprint density at radius 1 is 0.263 bits per heavy atom. The van der Waals surface area contributed by atoms with Gasteiger partial charge in [0, 0.05) is 27.7 Å². The molecule has 76 heavy (non-hydrogen) atoms. The molecule has 352 valence electrons. The molecule has 2 heteroatoms. The Bertz CT molecular complexity index is 4530. The van der Waals surface area contributed by atoms with E-state index in [1.807, 2.05) is 0 Å². The summed E-state index contributed by atoms with van der Waals surface area (Å²) in [4.78, 5) is 2.50. The molecule has 1 aliphatic heterocycles. The Hall–Kier alpha value is -9.76. The third-order valence-corrected chi connectivity index (χ3v) is 17.6. The second kappa shape index (κ2) is 15.4. The first-order valence-corrected chi connectivity index (χ1v) is 26.6. The van der Waals surface area contributed by atoms with Gasteiger partial charge in [-0.05, 0) is 137 Å². The van der Waals surface area contributed by atoms with Gasteiger partial charge < -0.3 is 9.47 Å². The van der Waals surface area contributed by atoms with Crippen LogP contribution in [0.5, 0.6) is 0 Å². The first kappa shape index (κ1) is 41.7. The van der Waals surface area contributed by atoms with E-state index in [0.29, 0.717) is 0 Å². The molecule has 4 aliphatic rings. The molecule has 1 atom stereocenters. The van der Waals surface area contributed by atoms with Crippen LogP contribution in [0.1, 0.15) is 44.5 Å². The Balaban J connectivity index is 0.870. The third-order valence-electron chi connectivity index (χ3n) is 17.6. The van der Waals surface area contributed by atoms with Crippen LogP contribution in [0.25, 0.3) is 83.1 Å². The van der Waals surface area contributed by atoms with E-state index in [9.17, 15) is 0 Å². The number of anilines is 3. The smallest absolute Gasteiger partial charge is 0.0754 e. The van der Waals surface area contributed by atoms with Crippen LogP contribution in [0.15, 0.2) is 279 Å². The summed E-state index contributed by atoms with van der Waals surface area (Å²) >= 11 is 0. The highest BCUT2D eigenvalue weighted by Gasteiger charge is 2.53. The van der Waals surface area contributed by atoms with Gasteiger partial charge in [-0.25, -0.2) is 0 Å². The number of nitrogens with zero attached hydrogens (tertiary/aromatic N) is 2. The monoisotopic (exact) mass is 962 g/mol. The zero-order valence-electron chi connectivity index (χ0n) is 41.5. The third kappa shape index (κ3) is 5.20. The molecule has 12 aromatic carbocycles. The van der Waals surface area contributed by atoms with E-state index < -0.39 is 10.8 Å². The summed E-state index contributed by atoms with van der Waals surface area (Å²) in [6.07, 6.45) is 0. The quantitative estimate of drug-likeness (QED) is 0.167. The molecule has 1 unspecified atom stereocenters. The first-order chi connectivity index (χ1) is 37.7. The predicted molar refractivity (Wildman–Crippen MR) is 313 cm³/mol. The number of aromatic nitrogens is 1. The van der Waals surface area contributed by atoms with E-state index in [4.69, 9.17) is 0 Å². The van der Waals surface area contributed by atoms with Crippen molar-refractivity contribution in [2.45, 2.75) is 10.8 Å². The topological polar surface area (TPSA) is 8.17 Å². The lowest BCUT2D eigenvalue weighted by atomic mass is 9.65. The zero-order valence-corrected chi connectivity index (χ0v) is 41.5. The molecule has 0 N–H and O–H groups in total. The standard InChI is InChI=1S/C74H46N2/c1-2-19-47(20-3-1)48-39-43-50(44-40-48)75(69-38-18-34-65-71(69)58-25-7-12-31-62(58)73(65)59-28-9-4-21-53(59)54-22-5-10-29-60(54)73)51-45-41-49(42-46-51)52-26-16-33-64-70(52)57-24-6-11-30-61(57)74(64)63-32-13-15-37-68(63)76-67-36-14-8-23-55(67)56-27-17-35-66(74)72(56)76/h1-46H. The molecule has 13 aromatic rings. The maximum atomic E-state index is 2.52. The molecule has 0 radical (unpaired) electrons. The Kier molecular flexibility index (Phi) is 8.44. The lowest BCUT2D eigenvalue weighted by molar-refractivity contribution is 0.748. The van der Waals surface area contributed by atoms with Crippen molar-refractivity contribution in [3.05, 3.63) is 324 Å². The van der Waals surface area contributed by atoms with E-state index in [0.717, 1.165) is 17.1 Å². The van der Waals surface area contributed by atoms with Crippen LogP contribution < -0.4 is 4.90 Å². The van der Waals surface area contributed by atoms with Crippen LogP contribution in [0.2, 0.25) is 0 Å². The molecule has 0 amide bonds. The van der Waals surface area contributed by atoms with E-state index >= 15 is 0 Å². The predicted octanol–water partition coefficient (Wildman–Crippen LogP) is 18.6. The van der Waals surface area contributed by atoms with Gasteiger partial charge in [0.05, 0.1) is 33.2 Å². The van der Waals surface area contributed by atoms with Gasteiger partial charge in [-0.15, -0.1) is 0 Å². The maximum absolute atomic E-state index is 2.52. The number of hydrogen-bond donors (Lipinski definition) is 0. The van der Waals surface area contributed by atoms with Crippen molar-refractivity contribution in [3.63, 3.8) is 0 Å². The van der Waals surface area contributed by atoms with Crippen LogP contribution >= 0.6 is 0 Å². The minimum Gasteiger partial charge on any atom is -0.310 e. The maximum Gasteiger partial charge on any atom is 0.0754 e. The molecular formula is C74H46N2. The van der Waals surface area contributed by atoms with E-state index in [1.165, 1.54) is 128 Å². The van der Waals surface area contributed by atoms with Crippen LogP contribution in [0, 0.1) is 0 Å². The lowest BCUT2D eigenvalue weighted by Crippen LogP contribution is -2.33. The number of para-hydroxylation sites is 3. The van der Waals surface area contributed by atoms with E-state index in [1.54, 1.807) is 0 Å². The van der Waals surface area contributed by atoms with Crippen molar-refractivity contribution in [1.29, 1.82) is 0 Å². The van der Waals surface area contributed by atoms with Gasteiger partial charge in [0.25, 0.3) is 0 Å². The van der Waals surface area contributed by atoms with Crippen LogP contribution in [-0.4, -0.2) is 4.57 Å². The number of fused-ring (bicyclic) bond motifs is 22. The van der Waals surface area contributed by atoms with E-state index in [2.05, 4.69) is 289 Å². The molecule has 0 fully saturated rings. The summed E-state index contributed by atoms with van der Waals surface area (Å²) in [6.45, 7) is 0. The average Bonchev–Trinajstić information content (AvgIpc) is 4.37. The number of rotatable bonds is 5. The van der Waals surface area contributed by atoms with Crippen molar-refractivity contribution in [1.82, 2.24) is 4.57 Å². The molecule has 3 aliphatic carbocycles. The molecule has 0 saturated carbocycles. The van der Waals surface area contributed by atoms with Gasteiger partial charge in [0.15, 0.2) is 0 Å². The average molecular weight is 963 g/mol. The minimum atomic E-state index is -0.521. The van der Waals surface area contributed by atoms with Gasteiger partial charge in [-0.3, -0.25) is 0 Å². The van der Waals surface area contributed by atoms with Crippen LogP contribution in [0.3, 0.4) is 0 Å². The molecule has 0 saturated heterocycles. The molecule has 17 rings (SSSR count). The van der Waals surface area contributed by atoms with Crippen molar-refractivity contribution in [2.75, 3.05) is 4.90 Å². The highest BCUT2D eigenvalue weighted by molar-refractivity contribution is 6.13. The normalized spacial score (nSPS) is 15.3. The zero-order chi connectivity index (χ0) is 49.7. The summed E-state index contributed by atoms with van der Waals surface area (Å²) in [5, 5.41) is 2.57. The SMILES string of the molecule is c1ccc(-c2ccc(N(c3ccc(-c4cccc5c4-c4ccccc4C54c5ccccc5-n5c6ccccc6c6cccc4c65)cc3)c3cccc4c3-c3ccccc3C43c4ccccc4-c4ccccc43)cc2)cc1. The Labute approximate surface area is 441 Å². The van der Waals surface area contributed by atoms with Gasteiger partial charge >= 0.3 is 0 Å². The number of benzene rings is 12. The molecule has 2 nitrogen and oxygen atoms in total. The van der Waals surface area contributed by atoms with Crippen molar-refractivity contribution < 1.29 is 0 Å². The molecule has 2 spiro atoms. The van der Waals surface area contributed by atoms with Crippen molar-refractivity contribution in [3.8, 4) is 61.3 Å². The largest absolute Gasteiger partial charge is 0.310 e. The molecular weight excluding hydrogens is 917 g/mol. The number of hydrogen-bond acceptors (Lipinski definition) is 1. The van der Waals surface area contributed by atoms with Crippen molar-refractivity contribution >= 4 is 38.9 Å². The molecule has 2 heterocycles. The second-order valence-electron chi connectivity index (χ2n) is 21.0. The van der Waals surface area contributed by atoms with Gasteiger partial charge in [0.2, 0.25) is 0 Å². The summed E-state index contributed by atoms with van der Waals surface area (Å²) in [7, 11) is 0. The van der Waals surface area contributed by atoms with Crippen molar-refractivity contribution in [2.24, 2.45) is 0 Å². The Morgan fingerprint density at radius 2 is 0.697 bits per heavy atom. The minimum absolute atomic E-state index is 0.454. The summed E-state index contributed by atoms with van der Waals surface area (Å²) < 4.78 is 2.52. The van der Waals surface area contributed by atoms with Crippen LogP contribution in [0.4, 0.5) is 17.1 Å². The van der Waals surface area contributed by atoms with Gasteiger partial charge in [-0.1, -0.05) is 237 Å². The summed E-state index contributed by atoms with van der Waals surface area (Å²) in [6, 6.07) is 105. The fourth-order valence-electron chi connectivity index (χ4n) is 14.8. The molecule has 0 bridgehead atoms. The highest BCUT2D eigenvalue weighted by atomic mass is 15.1. The van der Waals surface area contributed by atoms with Gasteiger partial charge in [0.1, 0.15) is 0 Å². The fraction of sp³-hybridized carbons (Fsp3) is 0.0270. The lowest BCUT2D eigenvalue weighted by Gasteiger charge is -2.39. The second-order valence-corrected chi connectivity index (χ2v) is 21.0. The fourth-order valence-corrected chi connectivity index (χ4v) is 14.8. The summed E-state index contributed by atoms with van der Waals surface area (Å²) in [5.74, 6) is 0. The summed E-state index contributed by atoms with van der Waals surface area (Å²) in [5.41, 5.74) is 29.4. The first-order valence-electron chi connectivity index (χ1n) is 26.6. The van der Waals surface area contributed by atoms with E-state index in [-0.39, 0.29) is 0 Å². The molecule has 1 aromatic heterocycles. The van der Waals surface area contributed by atoms with Gasteiger partial charge in [-0.2, -0.15) is 0 Å². The Morgan fingerprint density at radius 3 is 1.38 bits per heavy atom. The van der Waals surface area contributed by atoms with Crippen LogP contribution in [-0.2, 0) is 10.8 Å².